The van der Waals surface area contributed by atoms with Crippen molar-refractivity contribution in [3.8, 4) is 11.5 Å². The van der Waals surface area contributed by atoms with Crippen LogP contribution in [-0.4, -0.2) is 198 Å². The average molecular weight is 1140 g/mol. The van der Waals surface area contributed by atoms with Gasteiger partial charge >= 0.3 is 11.9 Å². The molecule has 11 unspecified atom stereocenters. The van der Waals surface area contributed by atoms with E-state index in [1.807, 2.05) is 6.92 Å². The summed E-state index contributed by atoms with van der Waals surface area (Å²) in [5, 5.41) is 30.6. The molecule has 2 aliphatic heterocycles. The number of benzene rings is 2. The molecule has 4 heterocycles. The maximum absolute atomic E-state index is 15.5. The number of hydrogen-bond donors (Lipinski definition) is 5. The third-order valence-electron chi connectivity index (χ3n) is 15.8. The number of amides is 7. The minimum absolute atomic E-state index is 0.0779. The molecular formula is C55H65N9O14S2. The van der Waals surface area contributed by atoms with Gasteiger partial charge in [-0.1, -0.05) is 57.2 Å². The molecular weight excluding hydrogens is 1070 g/mol. The van der Waals surface area contributed by atoms with E-state index in [0.29, 0.717) is 27.6 Å². The molecule has 2 aromatic carbocycles. The Labute approximate surface area is 469 Å². The molecule has 23 nitrogen and oxygen atoms in total. The van der Waals surface area contributed by atoms with E-state index in [2.05, 4.69) is 25.9 Å². The van der Waals surface area contributed by atoms with Crippen LogP contribution in [0, 0.1) is 17.8 Å². The van der Waals surface area contributed by atoms with E-state index in [1.54, 1.807) is 62.4 Å². The van der Waals surface area contributed by atoms with Crippen molar-refractivity contribution in [2.75, 3.05) is 52.9 Å². The largest absolute Gasteiger partial charge is 0.506 e. The van der Waals surface area contributed by atoms with Crippen LogP contribution in [0.25, 0.3) is 21.8 Å². The van der Waals surface area contributed by atoms with Crippen molar-refractivity contribution in [1.82, 2.24) is 45.5 Å². The van der Waals surface area contributed by atoms with Crippen molar-refractivity contribution in [2.45, 2.75) is 99.8 Å². The maximum Gasteiger partial charge on any atom is 0.332 e. The van der Waals surface area contributed by atoms with Crippen molar-refractivity contribution in [2.24, 2.45) is 17.8 Å². The quantitative estimate of drug-likeness (QED) is 0.131. The molecule has 5 N–H and O–H groups in total. The number of esters is 2. The number of hydrogen-bond acceptors (Lipinski definition) is 18. The molecule has 2 aliphatic carbocycles. The summed E-state index contributed by atoms with van der Waals surface area (Å²) < 4.78 is 10.7. The summed E-state index contributed by atoms with van der Waals surface area (Å²) in [5.41, 5.74) is -3.40. The first-order valence-electron chi connectivity index (χ1n) is 26.2. The summed E-state index contributed by atoms with van der Waals surface area (Å²) >= 11 is 2.30. The van der Waals surface area contributed by atoms with Gasteiger partial charge in [-0.3, -0.25) is 38.4 Å². The molecule has 2 bridgehead atoms. The van der Waals surface area contributed by atoms with Crippen molar-refractivity contribution in [3.63, 3.8) is 0 Å². The normalized spacial score (nSPS) is 29.6. The predicted molar refractivity (Wildman–Crippen MR) is 294 cm³/mol. The van der Waals surface area contributed by atoms with Gasteiger partial charge in [-0.05, 0) is 68.5 Å². The first-order chi connectivity index (χ1) is 37.9. The molecule has 2 saturated carbocycles. The number of ether oxygens (including phenoxy) is 2. The van der Waals surface area contributed by atoms with Gasteiger partial charge in [0.25, 0.3) is 5.91 Å². The standard InChI is InChI=1S/C55H65N9O14S2/c1-10-79-51-43-50(74)64(9)55(23-28(55)3)53(76)78-25-36(60-46(70)42-40(67)20-32-16-12-14-18-35(32)59-42)45(69)57-29(4)47(71)61(6)37(26-80-51)49(73)63(8)54(22-27(54)2)52(75)77-24-33(44(68)56-30(5)48(72)62(43)7)21-39(66)41-38(65)19-31-15-11-13-17-34(31)58-41/h11-20,27-30,33,36-37,43,51,65,67H,10,21-26H2,1-9H3,(H,56,68)(H,57,69)(H,60,70). The minimum atomic E-state index is -1.74. The Hall–Kier alpha value is -7.54. The zero-order valence-corrected chi connectivity index (χ0v) is 47.3. The zero-order chi connectivity index (χ0) is 58.3. The van der Waals surface area contributed by atoms with Gasteiger partial charge in [0.2, 0.25) is 35.4 Å². The number of likely N-dealkylation sites (N-methyl/N-ethyl adjacent to an activating group) is 4. The second kappa shape index (κ2) is 23.3. The third-order valence-corrected chi connectivity index (χ3v) is 18.6. The molecule has 426 valence electrons. The van der Waals surface area contributed by atoms with Gasteiger partial charge in [-0.2, -0.15) is 0 Å². The van der Waals surface area contributed by atoms with Gasteiger partial charge in [-0.25, -0.2) is 19.6 Å². The first kappa shape index (κ1) is 58.6. The van der Waals surface area contributed by atoms with Crippen LogP contribution in [0.1, 0.15) is 74.9 Å². The lowest BCUT2D eigenvalue weighted by atomic mass is 9.99. The zero-order valence-electron chi connectivity index (χ0n) is 45.7. The lowest BCUT2D eigenvalue weighted by molar-refractivity contribution is -0.161. The molecule has 2 aromatic heterocycles. The fourth-order valence-electron chi connectivity index (χ4n) is 10.6. The molecule has 80 heavy (non-hydrogen) atoms. The van der Waals surface area contributed by atoms with Gasteiger partial charge in [0.05, 0.1) is 21.5 Å². The van der Waals surface area contributed by atoms with Gasteiger partial charge < -0.3 is 55.2 Å². The maximum atomic E-state index is 15.5. The molecule has 7 amide bonds. The number of rotatable bonds is 7. The summed E-state index contributed by atoms with van der Waals surface area (Å²) in [5.74, 6) is -12.2. The molecule has 0 radical (unpaired) electrons. The molecule has 4 aliphatic rings. The summed E-state index contributed by atoms with van der Waals surface area (Å²) in [7, 11) is 5.41. The fourth-order valence-corrected chi connectivity index (χ4v) is 13.7. The van der Waals surface area contributed by atoms with Crippen molar-refractivity contribution >= 4 is 104 Å². The summed E-state index contributed by atoms with van der Waals surface area (Å²) in [6.07, 6.45) is -0.492. The van der Waals surface area contributed by atoms with E-state index in [4.69, 9.17) is 9.47 Å². The number of Topliss-reactive ketones (excluding diaryl/α,β-unsaturated/α-hetero) is 1. The highest BCUT2D eigenvalue weighted by atomic mass is 32.2. The molecule has 4 fully saturated rings. The van der Waals surface area contributed by atoms with Crippen molar-refractivity contribution < 1.29 is 67.6 Å². The van der Waals surface area contributed by atoms with Crippen LogP contribution in [0.15, 0.2) is 60.7 Å². The lowest BCUT2D eigenvalue weighted by Gasteiger charge is -2.40. The van der Waals surface area contributed by atoms with Crippen molar-refractivity contribution in [3.05, 3.63) is 72.1 Å². The summed E-state index contributed by atoms with van der Waals surface area (Å²) in [4.78, 5) is 159. The van der Waals surface area contributed by atoms with Crippen LogP contribution in [0.4, 0.5) is 0 Å². The molecule has 8 rings (SSSR count). The number of fused-ring (bicyclic) bond motifs is 6. The third kappa shape index (κ3) is 11.2. The van der Waals surface area contributed by atoms with Gasteiger partial charge in [0.15, 0.2) is 11.5 Å². The van der Waals surface area contributed by atoms with Crippen LogP contribution < -0.4 is 16.0 Å². The Balaban J connectivity index is 1.19. The Morgan fingerprint density at radius 3 is 1.74 bits per heavy atom. The molecule has 4 aromatic rings. The Morgan fingerprint density at radius 2 is 1.19 bits per heavy atom. The van der Waals surface area contributed by atoms with E-state index in [9.17, 15) is 48.6 Å². The van der Waals surface area contributed by atoms with Gasteiger partial charge in [0, 0.05) is 51.1 Å². The number of thioether (sulfide) groups is 2. The van der Waals surface area contributed by atoms with Crippen LogP contribution in [-0.2, 0) is 47.8 Å². The number of aromatic nitrogens is 2. The minimum Gasteiger partial charge on any atom is -0.506 e. The first-order valence-corrected chi connectivity index (χ1v) is 28.3. The predicted octanol–water partition coefficient (Wildman–Crippen LogP) is 2.25. The summed E-state index contributed by atoms with van der Waals surface area (Å²) in [6, 6.07) is 8.58. The highest BCUT2D eigenvalue weighted by Crippen LogP contribution is 2.51. The highest BCUT2D eigenvalue weighted by molar-refractivity contribution is 8.17. The van der Waals surface area contributed by atoms with Gasteiger partial charge in [-0.15, -0.1) is 23.5 Å². The van der Waals surface area contributed by atoms with E-state index in [-0.39, 0.29) is 24.3 Å². The number of carbonyl (C=O) groups is 10. The highest BCUT2D eigenvalue weighted by Gasteiger charge is 2.65. The van der Waals surface area contributed by atoms with E-state index < -0.39 is 160 Å². The topological polar surface area (TPSA) is 304 Å². The second-order valence-corrected chi connectivity index (χ2v) is 23.9. The van der Waals surface area contributed by atoms with E-state index in [1.165, 1.54) is 75.7 Å². The number of aromatic hydroxyl groups is 2. The Kier molecular flexibility index (Phi) is 17.1. The van der Waals surface area contributed by atoms with Crippen LogP contribution in [0.5, 0.6) is 11.5 Å². The Morgan fingerprint density at radius 1 is 0.700 bits per heavy atom. The monoisotopic (exact) mass is 1140 g/mol. The number of cyclic esters (lactones) is 2. The molecule has 2 saturated heterocycles. The average Bonchev–Trinajstić information content (AvgIpc) is 4.51. The smallest absolute Gasteiger partial charge is 0.332 e. The number of para-hydroxylation sites is 2. The molecule has 11 atom stereocenters. The van der Waals surface area contributed by atoms with Crippen molar-refractivity contribution in [1.29, 1.82) is 0 Å². The number of carbonyl (C=O) groups excluding carboxylic acids is 10. The Bertz CT molecular complexity index is 3200. The van der Waals surface area contributed by atoms with E-state index in [0.717, 1.165) is 21.6 Å². The number of pyridine rings is 2. The van der Waals surface area contributed by atoms with Gasteiger partial charge in [0.1, 0.15) is 71.7 Å². The fraction of sp³-hybridized carbons (Fsp3) is 0.491. The number of nitrogens with zero attached hydrogens (tertiary/aromatic N) is 6. The van der Waals surface area contributed by atoms with Crippen LogP contribution in [0.3, 0.4) is 0 Å². The lowest BCUT2D eigenvalue weighted by Crippen LogP contribution is -2.60. The van der Waals surface area contributed by atoms with Crippen LogP contribution in [0.2, 0.25) is 0 Å². The SMILES string of the molecule is CCSC1SCC2C(=O)N(C)C3(CC3C)C(=O)OCC(CC(=O)c3nc4ccccc4cc3O)C(=O)NC(C)C(=O)N(C)C1C(=O)N(C)C1(CC1C)C(=O)OCC(NC(=O)c1nc3ccccc3cc1O)C(=O)NC(C)C(=O)N2C. The molecule has 2 spiro atoms. The summed E-state index contributed by atoms with van der Waals surface area (Å²) in [6.45, 7) is 6.35. The number of ketones is 1. The molecule has 25 heteroatoms. The second-order valence-electron chi connectivity index (χ2n) is 21.0. The number of nitrogens with one attached hydrogen (secondary N) is 3. The van der Waals surface area contributed by atoms with E-state index >= 15 is 9.59 Å². The van der Waals surface area contributed by atoms with Crippen LogP contribution >= 0.6 is 23.5 Å².